The topological polar surface area (TPSA) is 108 Å². The monoisotopic (exact) mass is 490 g/mol. The van der Waals surface area contributed by atoms with Crippen LogP contribution >= 0.6 is 7.82 Å². The summed E-state index contributed by atoms with van der Waals surface area (Å²) in [7, 11) is 1.22. The Bertz CT molecular complexity index is 619. The van der Waals surface area contributed by atoms with Crippen LogP contribution in [0.3, 0.4) is 0 Å². The van der Waals surface area contributed by atoms with Crippen molar-refractivity contribution in [3.63, 3.8) is 0 Å². The molecule has 0 saturated heterocycles. The minimum absolute atomic E-state index is 0.00895. The standard InChI is InChI=1S/C24H47N2O6P/c1-6-8-9-10-11-12-13-14-15-16-17-18-23(27)22(25-24(28)7-2)21-32-33(29,30)31-20-19-26(3,4)5/h13-14,17-18,22-23,27H,6-12,15-16,19-21H2,1-5H3,(H-,25,28,29,30)/b14-13+,18-17+. The maximum Gasteiger partial charge on any atom is 0.268 e. The largest absolute Gasteiger partial charge is 0.756 e. The number of likely N-dealkylation sites (N-methyl/N-ethyl adjacent to an activating group) is 1. The zero-order valence-corrected chi connectivity index (χ0v) is 22.2. The fraction of sp³-hybridized carbons (Fsp3) is 0.792. The number of nitrogens with one attached hydrogen (secondary N) is 1. The summed E-state index contributed by atoms with van der Waals surface area (Å²) >= 11 is 0. The van der Waals surface area contributed by atoms with E-state index in [4.69, 9.17) is 9.05 Å². The first kappa shape index (κ1) is 32.0. The van der Waals surface area contributed by atoms with Crippen LogP contribution in [0.15, 0.2) is 24.3 Å². The SMILES string of the molecule is CCCCCCC/C=C/CC/C=C/C(O)C(COP(=O)([O-])OCC[N+](C)(C)C)NC(=O)CC. The molecule has 3 unspecified atom stereocenters. The van der Waals surface area contributed by atoms with Gasteiger partial charge >= 0.3 is 0 Å². The molecule has 9 heteroatoms. The van der Waals surface area contributed by atoms with Crippen LogP contribution in [-0.2, 0) is 18.4 Å². The Morgan fingerprint density at radius 2 is 1.67 bits per heavy atom. The summed E-state index contributed by atoms with van der Waals surface area (Å²) in [6.07, 6.45) is 15.9. The number of amides is 1. The molecule has 33 heavy (non-hydrogen) atoms. The Morgan fingerprint density at radius 1 is 1.03 bits per heavy atom. The predicted octanol–water partition coefficient (Wildman–Crippen LogP) is 3.70. The quantitative estimate of drug-likeness (QED) is 0.117. The highest BCUT2D eigenvalue weighted by Gasteiger charge is 2.22. The molecule has 0 saturated carbocycles. The number of rotatable bonds is 20. The van der Waals surface area contributed by atoms with Crippen LogP contribution in [0.4, 0.5) is 0 Å². The fourth-order valence-corrected chi connectivity index (χ4v) is 3.56. The number of aliphatic hydroxyl groups is 1. The first-order chi connectivity index (χ1) is 15.5. The highest BCUT2D eigenvalue weighted by molar-refractivity contribution is 7.45. The summed E-state index contributed by atoms with van der Waals surface area (Å²) in [6, 6.07) is -0.892. The molecule has 0 aromatic heterocycles. The van der Waals surface area contributed by atoms with Crippen LogP contribution in [0.5, 0.6) is 0 Å². The van der Waals surface area contributed by atoms with Gasteiger partial charge in [-0.15, -0.1) is 0 Å². The molecule has 0 fully saturated rings. The second kappa shape index (κ2) is 18.3. The molecule has 0 aromatic carbocycles. The van der Waals surface area contributed by atoms with Gasteiger partial charge in [-0.05, 0) is 25.7 Å². The van der Waals surface area contributed by atoms with Crippen LogP contribution in [0.2, 0.25) is 0 Å². The van der Waals surface area contributed by atoms with E-state index in [0.29, 0.717) is 11.0 Å². The number of nitrogens with zero attached hydrogens (tertiary/aromatic N) is 1. The highest BCUT2D eigenvalue weighted by Crippen LogP contribution is 2.38. The lowest BCUT2D eigenvalue weighted by Gasteiger charge is -2.29. The zero-order chi connectivity index (χ0) is 25.2. The number of aliphatic hydroxyl groups excluding tert-OH is 1. The number of carbonyl (C=O) groups excluding carboxylic acids is 1. The number of unbranched alkanes of at least 4 members (excludes halogenated alkanes) is 6. The highest BCUT2D eigenvalue weighted by atomic mass is 31.2. The molecule has 0 aliphatic rings. The van der Waals surface area contributed by atoms with E-state index in [1.165, 1.54) is 32.1 Å². The second-order valence-corrected chi connectivity index (χ2v) is 10.7. The zero-order valence-electron chi connectivity index (χ0n) is 21.3. The second-order valence-electron chi connectivity index (χ2n) is 9.29. The van der Waals surface area contributed by atoms with Crippen molar-refractivity contribution >= 4 is 13.7 Å². The number of phosphoric acid groups is 1. The van der Waals surface area contributed by atoms with Crippen LogP contribution in [-0.4, -0.2) is 68.5 Å². The Labute approximate surface area is 201 Å². The summed E-state index contributed by atoms with van der Waals surface area (Å²) in [5.41, 5.74) is 0. The van der Waals surface area contributed by atoms with Gasteiger partial charge in [-0.1, -0.05) is 63.8 Å². The van der Waals surface area contributed by atoms with Crippen molar-refractivity contribution < 1.29 is 32.9 Å². The lowest BCUT2D eigenvalue weighted by molar-refractivity contribution is -0.870. The predicted molar refractivity (Wildman–Crippen MR) is 132 cm³/mol. The van der Waals surface area contributed by atoms with Crippen LogP contribution < -0.4 is 10.2 Å². The molecule has 0 rings (SSSR count). The number of quaternary nitrogens is 1. The molecule has 1 amide bonds. The fourth-order valence-electron chi connectivity index (χ4n) is 2.83. The average Bonchev–Trinajstić information content (AvgIpc) is 2.73. The van der Waals surface area contributed by atoms with E-state index in [-0.39, 0.29) is 18.9 Å². The molecule has 0 bridgehead atoms. The third kappa shape index (κ3) is 20.1. The average molecular weight is 491 g/mol. The van der Waals surface area contributed by atoms with E-state index in [0.717, 1.165) is 19.3 Å². The molecule has 2 N–H and O–H groups in total. The van der Waals surface area contributed by atoms with Gasteiger partial charge in [0, 0.05) is 6.42 Å². The number of phosphoric ester groups is 1. The van der Waals surface area contributed by atoms with Crippen LogP contribution in [0.25, 0.3) is 0 Å². The molecule has 0 aromatic rings. The summed E-state index contributed by atoms with van der Waals surface area (Å²) < 4.78 is 22.4. The Morgan fingerprint density at radius 3 is 2.30 bits per heavy atom. The molecule has 0 heterocycles. The maximum absolute atomic E-state index is 12.0. The van der Waals surface area contributed by atoms with Crippen LogP contribution in [0.1, 0.15) is 71.6 Å². The number of hydrogen-bond acceptors (Lipinski definition) is 6. The van der Waals surface area contributed by atoms with Gasteiger partial charge in [-0.3, -0.25) is 9.36 Å². The minimum atomic E-state index is -4.54. The van der Waals surface area contributed by atoms with E-state index < -0.39 is 26.6 Å². The Kier molecular flexibility index (Phi) is 17.8. The molecule has 0 radical (unpaired) electrons. The Hall–Kier alpha value is -1.02. The van der Waals surface area contributed by atoms with Gasteiger partial charge in [-0.25, -0.2) is 0 Å². The molecule has 0 aliphatic carbocycles. The van der Waals surface area contributed by atoms with Crippen molar-refractivity contribution in [3.05, 3.63) is 24.3 Å². The van der Waals surface area contributed by atoms with E-state index in [1.54, 1.807) is 13.0 Å². The summed E-state index contributed by atoms with van der Waals surface area (Å²) in [4.78, 5) is 23.8. The van der Waals surface area contributed by atoms with E-state index in [1.807, 2.05) is 27.2 Å². The smallest absolute Gasteiger partial charge is 0.268 e. The van der Waals surface area contributed by atoms with Gasteiger partial charge in [0.2, 0.25) is 5.91 Å². The van der Waals surface area contributed by atoms with Gasteiger partial charge < -0.3 is 28.8 Å². The summed E-state index contributed by atoms with van der Waals surface area (Å²) in [5, 5.41) is 13.1. The molecule has 0 spiro atoms. The molecular weight excluding hydrogens is 443 g/mol. The molecular formula is C24H47N2O6P. The van der Waals surface area contributed by atoms with Gasteiger partial charge in [0.1, 0.15) is 13.2 Å². The molecule has 0 aliphatic heterocycles. The van der Waals surface area contributed by atoms with Crippen molar-refractivity contribution in [2.45, 2.75) is 83.8 Å². The molecule has 8 nitrogen and oxygen atoms in total. The number of carbonyl (C=O) groups is 1. The van der Waals surface area contributed by atoms with Crippen molar-refractivity contribution in [1.29, 1.82) is 0 Å². The first-order valence-corrected chi connectivity index (χ1v) is 13.7. The van der Waals surface area contributed by atoms with Gasteiger partial charge in [0.15, 0.2) is 0 Å². The van der Waals surface area contributed by atoms with Crippen molar-refractivity contribution in [3.8, 4) is 0 Å². The maximum atomic E-state index is 12.0. The number of allylic oxidation sites excluding steroid dienone is 3. The van der Waals surface area contributed by atoms with Gasteiger partial charge in [0.25, 0.3) is 7.82 Å². The van der Waals surface area contributed by atoms with Gasteiger partial charge in [-0.2, -0.15) is 0 Å². The van der Waals surface area contributed by atoms with Crippen molar-refractivity contribution in [1.82, 2.24) is 5.32 Å². The Balaban J connectivity index is 4.48. The van der Waals surface area contributed by atoms with Crippen LogP contribution in [0, 0.1) is 0 Å². The minimum Gasteiger partial charge on any atom is -0.756 e. The summed E-state index contributed by atoms with van der Waals surface area (Å²) in [6.45, 7) is 3.97. The van der Waals surface area contributed by atoms with E-state index in [9.17, 15) is 19.4 Å². The molecule has 194 valence electrons. The van der Waals surface area contributed by atoms with E-state index >= 15 is 0 Å². The third-order valence-corrected chi connectivity index (χ3v) is 5.94. The van der Waals surface area contributed by atoms with Gasteiger partial charge in [0.05, 0.1) is 39.9 Å². The van der Waals surface area contributed by atoms with E-state index in [2.05, 4.69) is 24.4 Å². The normalized spacial score (nSPS) is 16.2. The number of hydrogen-bond donors (Lipinski definition) is 2. The van der Waals surface area contributed by atoms with Crippen molar-refractivity contribution in [2.24, 2.45) is 0 Å². The first-order valence-electron chi connectivity index (χ1n) is 12.2. The summed E-state index contributed by atoms with van der Waals surface area (Å²) in [5.74, 6) is -0.301. The molecule has 3 atom stereocenters. The third-order valence-electron chi connectivity index (χ3n) is 4.98. The lowest BCUT2D eigenvalue weighted by Crippen LogP contribution is -2.45. The van der Waals surface area contributed by atoms with Crippen molar-refractivity contribution in [2.75, 3.05) is 40.9 Å². The lowest BCUT2D eigenvalue weighted by atomic mass is 10.1.